The summed E-state index contributed by atoms with van der Waals surface area (Å²) in [5.41, 5.74) is 3.85. The first kappa shape index (κ1) is 25.3. The number of hydrogen-bond acceptors (Lipinski definition) is 7. The molecule has 3 rings (SSSR count). The maximum absolute atomic E-state index is 12.5. The van der Waals surface area contributed by atoms with Gasteiger partial charge in [-0.25, -0.2) is 0 Å². The van der Waals surface area contributed by atoms with Crippen LogP contribution in [0.4, 0.5) is 11.4 Å². The van der Waals surface area contributed by atoms with Gasteiger partial charge in [-0.15, -0.1) is 0 Å². The molecule has 1 aliphatic heterocycles. The highest BCUT2D eigenvalue weighted by molar-refractivity contribution is 5.97. The number of nitro groups is 1. The fraction of sp³-hybridized carbons (Fsp3) is 0.333. The average Bonchev–Trinajstić information content (AvgIpc) is 3.17. The summed E-state index contributed by atoms with van der Waals surface area (Å²) in [6.45, 7) is 5.46. The Labute approximate surface area is 201 Å². The zero-order chi connectivity index (χ0) is 25.8. The Morgan fingerprint density at radius 2 is 1.83 bits per heavy atom. The van der Waals surface area contributed by atoms with Gasteiger partial charge in [-0.1, -0.05) is 39.0 Å². The molecule has 35 heavy (non-hydrogen) atoms. The number of nitro benzene ring substituents is 1. The van der Waals surface area contributed by atoms with Crippen molar-refractivity contribution >= 4 is 35.1 Å². The van der Waals surface area contributed by atoms with E-state index in [0.717, 1.165) is 10.6 Å². The van der Waals surface area contributed by atoms with E-state index < -0.39 is 41.1 Å². The molecule has 1 heterocycles. The Morgan fingerprint density at radius 1 is 1.14 bits per heavy atom. The summed E-state index contributed by atoms with van der Waals surface area (Å²) in [6.07, 6.45) is -0.172. The van der Waals surface area contributed by atoms with E-state index in [1.807, 2.05) is 12.1 Å². The van der Waals surface area contributed by atoms with Gasteiger partial charge in [0.15, 0.2) is 6.61 Å². The van der Waals surface area contributed by atoms with Gasteiger partial charge in [0.05, 0.1) is 17.4 Å². The van der Waals surface area contributed by atoms with Crippen LogP contribution in [0.15, 0.2) is 48.5 Å². The summed E-state index contributed by atoms with van der Waals surface area (Å²) < 4.78 is 4.99. The third-order valence-corrected chi connectivity index (χ3v) is 5.39. The van der Waals surface area contributed by atoms with Crippen LogP contribution in [-0.4, -0.2) is 46.8 Å². The van der Waals surface area contributed by atoms with Gasteiger partial charge in [0.1, 0.15) is 0 Å². The third kappa shape index (κ3) is 6.62. The van der Waals surface area contributed by atoms with E-state index in [2.05, 4.69) is 31.5 Å². The Bertz CT molecular complexity index is 1160. The van der Waals surface area contributed by atoms with Crippen LogP contribution in [0.2, 0.25) is 0 Å². The molecule has 3 amide bonds. The highest BCUT2D eigenvalue weighted by Gasteiger charge is 2.36. The Balaban J connectivity index is 1.49. The molecular formula is C24H26N4O7. The van der Waals surface area contributed by atoms with Crippen molar-refractivity contribution < 1.29 is 28.8 Å². The number of ether oxygens (including phenoxy) is 1. The second-order valence-corrected chi connectivity index (χ2v) is 9.14. The van der Waals surface area contributed by atoms with Crippen molar-refractivity contribution in [3.05, 3.63) is 69.8 Å². The number of hydrazine groups is 1. The fourth-order valence-electron chi connectivity index (χ4n) is 3.43. The molecule has 2 aromatic rings. The van der Waals surface area contributed by atoms with Crippen LogP contribution in [0.25, 0.3) is 0 Å². The molecule has 0 aliphatic carbocycles. The highest BCUT2D eigenvalue weighted by Crippen LogP contribution is 2.23. The van der Waals surface area contributed by atoms with Gasteiger partial charge in [0.25, 0.3) is 17.5 Å². The van der Waals surface area contributed by atoms with Crippen LogP contribution in [0, 0.1) is 16.0 Å². The Kier molecular flexibility index (Phi) is 7.48. The van der Waals surface area contributed by atoms with E-state index in [4.69, 9.17) is 4.74 Å². The lowest BCUT2D eigenvalue weighted by molar-refractivity contribution is -0.384. The fourth-order valence-corrected chi connectivity index (χ4v) is 3.43. The first-order valence-corrected chi connectivity index (χ1v) is 10.9. The number of benzene rings is 2. The number of carbonyl (C=O) groups excluding carboxylic acids is 4. The SMILES string of the molecule is CC(C)(C)c1ccc(C(=O)NN2C[C@@H](C(=O)OCC(=O)Nc3cccc([N+](=O)[O-])c3)CC2=O)cc1. The molecule has 2 aromatic carbocycles. The maximum Gasteiger partial charge on any atom is 0.311 e. The standard InChI is InChI=1S/C24H26N4O7/c1-24(2,3)17-9-7-15(8-10-17)22(31)26-27-13-16(11-21(27)30)23(32)35-14-20(29)25-18-5-4-6-19(12-18)28(33)34/h4-10,12,16H,11,13-14H2,1-3H3,(H,25,29)(H,26,31)/t16-/m0/s1. The molecule has 0 aromatic heterocycles. The van der Waals surface area contributed by atoms with E-state index in [9.17, 15) is 29.3 Å². The van der Waals surface area contributed by atoms with E-state index in [-0.39, 0.29) is 29.8 Å². The van der Waals surface area contributed by atoms with Gasteiger partial charge in [-0.05, 0) is 29.2 Å². The number of nitrogens with one attached hydrogen (secondary N) is 2. The quantitative estimate of drug-likeness (QED) is 0.350. The lowest BCUT2D eigenvalue weighted by atomic mass is 9.87. The molecule has 184 valence electrons. The number of nitrogens with zero attached hydrogens (tertiary/aromatic N) is 2. The number of rotatable bonds is 7. The summed E-state index contributed by atoms with van der Waals surface area (Å²) in [5.74, 6) is -3.24. The molecular weight excluding hydrogens is 456 g/mol. The number of non-ortho nitro benzene ring substituents is 1. The third-order valence-electron chi connectivity index (χ3n) is 5.39. The van der Waals surface area contributed by atoms with Crippen LogP contribution < -0.4 is 10.7 Å². The number of anilines is 1. The Morgan fingerprint density at radius 3 is 2.46 bits per heavy atom. The predicted octanol–water partition coefficient (Wildman–Crippen LogP) is 2.57. The van der Waals surface area contributed by atoms with Crippen LogP contribution in [0.1, 0.15) is 43.1 Å². The lowest BCUT2D eigenvalue weighted by Crippen LogP contribution is -2.43. The second kappa shape index (κ2) is 10.3. The lowest BCUT2D eigenvalue weighted by Gasteiger charge is -2.20. The number of esters is 1. The van der Waals surface area contributed by atoms with Crippen molar-refractivity contribution in [1.29, 1.82) is 0 Å². The molecule has 11 heteroatoms. The molecule has 0 bridgehead atoms. The molecule has 1 atom stereocenters. The topological polar surface area (TPSA) is 148 Å². The molecule has 1 saturated heterocycles. The molecule has 0 unspecified atom stereocenters. The van der Waals surface area contributed by atoms with Crippen LogP contribution in [-0.2, 0) is 24.5 Å². The van der Waals surface area contributed by atoms with E-state index in [1.165, 1.54) is 24.3 Å². The summed E-state index contributed by atoms with van der Waals surface area (Å²) in [7, 11) is 0. The van der Waals surface area contributed by atoms with E-state index in [1.54, 1.807) is 12.1 Å². The minimum atomic E-state index is -0.850. The smallest absolute Gasteiger partial charge is 0.311 e. The van der Waals surface area contributed by atoms with Crippen molar-refractivity contribution in [1.82, 2.24) is 10.4 Å². The summed E-state index contributed by atoms with van der Waals surface area (Å²) >= 11 is 0. The van der Waals surface area contributed by atoms with Crippen LogP contribution in [0.3, 0.4) is 0 Å². The predicted molar refractivity (Wildman–Crippen MR) is 125 cm³/mol. The zero-order valence-corrected chi connectivity index (χ0v) is 19.6. The zero-order valence-electron chi connectivity index (χ0n) is 19.6. The van der Waals surface area contributed by atoms with Gasteiger partial charge in [-0.2, -0.15) is 0 Å². The summed E-state index contributed by atoms with van der Waals surface area (Å²) in [5, 5.41) is 14.3. The van der Waals surface area contributed by atoms with Gasteiger partial charge in [0, 0.05) is 29.8 Å². The largest absolute Gasteiger partial charge is 0.455 e. The van der Waals surface area contributed by atoms with Crippen molar-refractivity contribution in [2.45, 2.75) is 32.6 Å². The Hall–Kier alpha value is -4.28. The normalized spacial score (nSPS) is 15.5. The van der Waals surface area contributed by atoms with Crippen molar-refractivity contribution in [3.63, 3.8) is 0 Å². The van der Waals surface area contributed by atoms with Crippen LogP contribution in [0.5, 0.6) is 0 Å². The minimum absolute atomic E-state index is 0.0660. The monoisotopic (exact) mass is 482 g/mol. The molecule has 0 radical (unpaired) electrons. The van der Waals surface area contributed by atoms with Crippen LogP contribution >= 0.6 is 0 Å². The van der Waals surface area contributed by atoms with Gasteiger partial charge < -0.3 is 10.1 Å². The second-order valence-electron chi connectivity index (χ2n) is 9.14. The molecule has 1 aliphatic rings. The number of hydrogen-bond donors (Lipinski definition) is 2. The van der Waals surface area contributed by atoms with Gasteiger partial charge in [-0.3, -0.25) is 39.7 Å². The highest BCUT2D eigenvalue weighted by atomic mass is 16.6. The number of amides is 3. The first-order valence-electron chi connectivity index (χ1n) is 10.9. The summed E-state index contributed by atoms with van der Waals surface area (Å²) in [4.78, 5) is 59.4. The van der Waals surface area contributed by atoms with Gasteiger partial charge in [0.2, 0.25) is 5.91 Å². The molecule has 0 spiro atoms. The molecule has 1 fully saturated rings. The maximum atomic E-state index is 12.5. The molecule has 0 saturated carbocycles. The molecule has 11 nitrogen and oxygen atoms in total. The minimum Gasteiger partial charge on any atom is -0.455 e. The van der Waals surface area contributed by atoms with Crippen molar-refractivity contribution in [2.75, 3.05) is 18.5 Å². The average molecular weight is 482 g/mol. The summed E-state index contributed by atoms with van der Waals surface area (Å²) in [6, 6.07) is 12.3. The first-order chi connectivity index (χ1) is 16.4. The van der Waals surface area contributed by atoms with Crippen molar-refractivity contribution in [2.24, 2.45) is 5.92 Å². The van der Waals surface area contributed by atoms with Crippen molar-refractivity contribution in [3.8, 4) is 0 Å². The molecule has 2 N–H and O–H groups in total. The van der Waals surface area contributed by atoms with E-state index in [0.29, 0.717) is 5.56 Å². The van der Waals surface area contributed by atoms with Gasteiger partial charge >= 0.3 is 5.97 Å². The number of carbonyl (C=O) groups is 4. The van der Waals surface area contributed by atoms with E-state index >= 15 is 0 Å².